The highest BCUT2D eigenvalue weighted by atomic mass is 16.5. The molecule has 0 spiro atoms. The van der Waals surface area contributed by atoms with Gasteiger partial charge >= 0.3 is 0 Å². The summed E-state index contributed by atoms with van der Waals surface area (Å²) in [5.74, 6) is 1.27. The van der Waals surface area contributed by atoms with E-state index in [1.165, 1.54) is 5.56 Å². The number of hydrogen-bond acceptors (Lipinski definition) is 5. The fourth-order valence-electron chi connectivity index (χ4n) is 1.94. The minimum Gasteiger partial charge on any atom is -0.481 e. The number of methoxy groups -OCH3 is 1. The Labute approximate surface area is 112 Å². The van der Waals surface area contributed by atoms with E-state index in [2.05, 4.69) is 41.3 Å². The summed E-state index contributed by atoms with van der Waals surface area (Å²) >= 11 is 0. The largest absolute Gasteiger partial charge is 0.481 e. The van der Waals surface area contributed by atoms with Gasteiger partial charge in [-0.15, -0.1) is 0 Å². The lowest BCUT2D eigenvalue weighted by molar-refractivity contribution is 0.398. The van der Waals surface area contributed by atoms with Crippen molar-refractivity contribution in [3.05, 3.63) is 35.4 Å². The highest BCUT2D eigenvalue weighted by Gasteiger charge is 2.07. The maximum atomic E-state index is 5.66. The molecule has 0 saturated heterocycles. The van der Waals surface area contributed by atoms with Gasteiger partial charge in [0.05, 0.1) is 7.11 Å². The van der Waals surface area contributed by atoms with Crippen molar-refractivity contribution in [1.82, 2.24) is 9.97 Å². The maximum absolute atomic E-state index is 5.66. The molecule has 0 bridgehead atoms. The number of para-hydroxylation sites is 1. The van der Waals surface area contributed by atoms with Crippen LogP contribution in [0, 0.1) is 6.92 Å². The highest BCUT2D eigenvalue weighted by molar-refractivity contribution is 5.65. The first kappa shape index (κ1) is 13.1. The van der Waals surface area contributed by atoms with Gasteiger partial charge in [0.15, 0.2) is 0 Å². The minimum absolute atomic E-state index is 0.188. The van der Waals surface area contributed by atoms with Gasteiger partial charge in [-0.2, -0.15) is 9.97 Å². The molecule has 0 amide bonds. The molecule has 100 valence electrons. The van der Waals surface area contributed by atoms with Crippen LogP contribution in [0.1, 0.15) is 18.1 Å². The van der Waals surface area contributed by atoms with Crippen molar-refractivity contribution >= 4 is 17.5 Å². The average Bonchev–Trinajstić information content (AvgIpc) is 2.40. The summed E-state index contributed by atoms with van der Waals surface area (Å²) in [7, 11) is 1.55. The Bertz CT molecular complexity index is 584. The molecule has 0 aliphatic carbocycles. The van der Waals surface area contributed by atoms with E-state index in [4.69, 9.17) is 10.5 Å². The Kier molecular flexibility index (Phi) is 3.85. The van der Waals surface area contributed by atoms with Crippen molar-refractivity contribution in [3.8, 4) is 5.88 Å². The zero-order valence-electron chi connectivity index (χ0n) is 11.4. The SMILES string of the molecule is CCc1cccc(C)c1Nc1cc(OC)nc(N)n1. The number of hydrogen-bond donors (Lipinski definition) is 2. The van der Waals surface area contributed by atoms with E-state index >= 15 is 0 Å². The van der Waals surface area contributed by atoms with Crippen LogP contribution in [0.15, 0.2) is 24.3 Å². The van der Waals surface area contributed by atoms with E-state index in [0.717, 1.165) is 17.7 Å². The molecule has 0 aliphatic heterocycles. The summed E-state index contributed by atoms with van der Waals surface area (Å²) in [4.78, 5) is 8.13. The van der Waals surface area contributed by atoms with E-state index in [1.54, 1.807) is 13.2 Å². The van der Waals surface area contributed by atoms with Gasteiger partial charge in [-0.1, -0.05) is 25.1 Å². The van der Waals surface area contributed by atoms with Crippen LogP contribution >= 0.6 is 0 Å². The summed E-state index contributed by atoms with van der Waals surface area (Å²) in [6.45, 7) is 4.18. The van der Waals surface area contributed by atoms with Crippen molar-refractivity contribution < 1.29 is 4.74 Å². The van der Waals surface area contributed by atoms with E-state index < -0.39 is 0 Å². The molecular weight excluding hydrogens is 240 g/mol. The number of nitrogens with one attached hydrogen (secondary N) is 1. The highest BCUT2D eigenvalue weighted by Crippen LogP contribution is 2.26. The Balaban J connectivity index is 2.38. The number of nitrogens with two attached hydrogens (primary N) is 1. The first-order valence-corrected chi connectivity index (χ1v) is 6.18. The molecule has 5 heteroatoms. The monoisotopic (exact) mass is 258 g/mol. The molecule has 2 rings (SSSR count). The van der Waals surface area contributed by atoms with Gasteiger partial charge in [0.25, 0.3) is 0 Å². The van der Waals surface area contributed by atoms with Gasteiger partial charge in [0.1, 0.15) is 5.82 Å². The fraction of sp³-hybridized carbons (Fsp3) is 0.286. The molecule has 0 radical (unpaired) electrons. The van der Waals surface area contributed by atoms with Crippen LogP contribution in [0.25, 0.3) is 0 Å². The normalized spacial score (nSPS) is 10.3. The molecule has 1 heterocycles. The number of rotatable bonds is 4. The molecule has 1 aromatic carbocycles. The predicted octanol–water partition coefficient (Wildman–Crippen LogP) is 2.68. The molecule has 3 N–H and O–H groups in total. The van der Waals surface area contributed by atoms with Crippen molar-refractivity contribution in [2.24, 2.45) is 0 Å². The van der Waals surface area contributed by atoms with Gasteiger partial charge in [0.2, 0.25) is 11.8 Å². The van der Waals surface area contributed by atoms with Crippen molar-refractivity contribution in [3.63, 3.8) is 0 Å². The van der Waals surface area contributed by atoms with Crippen LogP contribution < -0.4 is 15.8 Å². The quantitative estimate of drug-likeness (QED) is 0.882. The summed E-state index contributed by atoms with van der Waals surface area (Å²) < 4.78 is 5.09. The zero-order valence-corrected chi connectivity index (χ0v) is 11.4. The Morgan fingerprint density at radius 1 is 1.32 bits per heavy atom. The van der Waals surface area contributed by atoms with E-state index in [-0.39, 0.29) is 5.95 Å². The lowest BCUT2D eigenvalue weighted by Crippen LogP contribution is -2.04. The predicted molar refractivity (Wildman–Crippen MR) is 76.8 cm³/mol. The molecule has 0 atom stereocenters. The van der Waals surface area contributed by atoms with Gasteiger partial charge in [-0.3, -0.25) is 0 Å². The molecule has 19 heavy (non-hydrogen) atoms. The van der Waals surface area contributed by atoms with Crippen LogP contribution in [-0.4, -0.2) is 17.1 Å². The molecule has 0 unspecified atom stereocenters. The topological polar surface area (TPSA) is 73.1 Å². The number of nitrogens with zero attached hydrogens (tertiary/aromatic N) is 2. The Hall–Kier alpha value is -2.30. The second-order valence-corrected chi connectivity index (χ2v) is 4.24. The van der Waals surface area contributed by atoms with Crippen LogP contribution in [0.5, 0.6) is 5.88 Å². The van der Waals surface area contributed by atoms with Crippen molar-refractivity contribution in [2.75, 3.05) is 18.2 Å². The third-order valence-corrected chi connectivity index (χ3v) is 2.92. The summed E-state index contributed by atoms with van der Waals surface area (Å²) in [6.07, 6.45) is 0.946. The molecule has 0 aliphatic rings. The number of ether oxygens (including phenoxy) is 1. The fourth-order valence-corrected chi connectivity index (χ4v) is 1.94. The van der Waals surface area contributed by atoms with Crippen molar-refractivity contribution in [2.45, 2.75) is 20.3 Å². The molecule has 5 nitrogen and oxygen atoms in total. The van der Waals surface area contributed by atoms with E-state index in [1.807, 2.05) is 6.07 Å². The first-order valence-electron chi connectivity index (χ1n) is 6.18. The Morgan fingerprint density at radius 3 is 2.79 bits per heavy atom. The van der Waals surface area contributed by atoms with Crippen LogP contribution in [0.3, 0.4) is 0 Å². The Morgan fingerprint density at radius 2 is 2.11 bits per heavy atom. The second kappa shape index (κ2) is 5.56. The standard InChI is InChI=1S/C14H18N4O/c1-4-10-7-5-6-9(2)13(10)16-11-8-12(19-3)18-14(15)17-11/h5-8H,4H2,1-3H3,(H3,15,16,17,18). The number of anilines is 3. The average molecular weight is 258 g/mol. The summed E-state index contributed by atoms with van der Waals surface area (Å²) in [5, 5.41) is 3.30. The lowest BCUT2D eigenvalue weighted by Gasteiger charge is -2.14. The van der Waals surface area contributed by atoms with Gasteiger partial charge < -0.3 is 15.8 Å². The number of aryl methyl sites for hydroxylation is 2. The van der Waals surface area contributed by atoms with E-state index in [9.17, 15) is 0 Å². The molecule has 1 aromatic heterocycles. The van der Waals surface area contributed by atoms with Crippen LogP contribution in [0.2, 0.25) is 0 Å². The minimum atomic E-state index is 0.188. The van der Waals surface area contributed by atoms with Crippen LogP contribution in [-0.2, 0) is 6.42 Å². The summed E-state index contributed by atoms with van der Waals surface area (Å²) in [5.41, 5.74) is 9.11. The van der Waals surface area contributed by atoms with Gasteiger partial charge in [0, 0.05) is 11.8 Å². The third-order valence-electron chi connectivity index (χ3n) is 2.92. The molecule has 0 fully saturated rings. The van der Waals surface area contributed by atoms with Gasteiger partial charge in [-0.25, -0.2) is 0 Å². The maximum Gasteiger partial charge on any atom is 0.225 e. The lowest BCUT2D eigenvalue weighted by atomic mass is 10.1. The zero-order chi connectivity index (χ0) is 13.8. The molecule has 2 aromatic rings. The van der Waals surface area contributed by atoms with E-state index in [0.29, 0.717) is 11.7 Å². The first-order chi connectivity index (χ1) is 9.13. The van der Waals surface area contributed by atoms with Gasteiger partial charge in [-0.05, 0) is 24.5 Å². The number of nitrogen functional groups attached to an aromatic ring is 1. The molecular formula is C14H18N4O. The number of benzene rings is 1. The second-order valence-electron chi connectivity index (χ2n) is 4.24. The van der Waals surface area contributed by atoms with Crippen LogP contribution in [0.4, 0.5) is 17.5 Å². The smallest absolute Gasteiger partial charge is 0.225 e. The molecule has 0 saturated carbocycles. The van der Waals surface area contributed by atoms with Crippen molar-refractivity contribution in [1.29, 1.82) is 0 Å². The summed E-state index contributed by atoms with van der Waals surface area (Å²) in [6, 6.07) is 7.93. The number of aromatic nitrogens is 2. The third kappa shape index (κ3) is 2.93.